The Morgan fingerprint density at radius 2 is 1.93 bits per heavy atom. The van der Waals surface area contributed by atoms with Crippen LogP contribution in [0.5, 0.6) is 0 Å². The molecule has 0 saturated heterocycles. The maximum Gasteiger partial charge on any atom is 0.319 e. The molecule has 0 amide bonds. The van der Waals surface area contributed by atoms with Crippen molar-refractivity contribution >= 4 is 27.7 Å². The van der Waals surface area contributed by atoms with Crippen LogP contribution in [-0.4, -0.2) is 23.2 Å². The minimum Gasteiger partial charge on any atom is -0.456 e. The molecule has 0 saturated carbocycles. The van der Waals surface area contributed by atoms with Crippen LogP contribution in [0.3, 0.4) is 0 Å². The summed E-state index contributed by atoms with van der Waals surface area (Å²) >= 11 is 3.06. The summed E-state index contributed by atoms with van der Waals surface area (Å²) in [4.78, 5) is 22.1. The molecule has 1 rings (SSSR count). The third kappa shape index (κ3) is 3.83. The van der Waals surface area contributed by atoms with Crippen LogP contribution in [0.15, 0.2) is 30.3 Å². The van der Waals surface area contributed by atoms with Gasteiger partial charge in [0.1, 0.15) is 4.83 Å². The van der Waals surface area contributed by atoms with Crippen molar-refractivity contribution in [3.8, 4) is 0 Å². The Morgan fingerprint density at radius 1 is 1.33 bits per heavy atom. The highest BCUT2D eigenvalue weighted by atomic mass is 79.9. The number of Topliss-reactive ketones (excluding diaryl/α,β-unsaturated/α-hetero) is 1. The number of alkyl halides is 1. The molecule has 0 N–H and O–H groups in total. The number of hydrogen-bond donors (Lipinski definition) is 0. The van der Waals surface area contributed by atoms with E-state index in [0.717, 1.165) is 0 Å². The molecule has 1 unspecified atom stereocenters. The molecule has 80 valence electrons. The van der Waals surface area contributed by atoms with Crippen molar-refractivity contribution in [2.24, 2.45) is 0 Å². The maximum absolute atomic E-state index is 11.5. The van der Waals surface area contributed by atoms with E-state index >= 15 is 0 Å². The Balaban J connectivity index is 2.48. The summed E-state index contributed by atoms with van der Waals surface area (Å²) in [6, 6.07) is 8.73. The predicted octanol–water partition coefficient (Wildman–Crippen LogP) is 2.20. The van der Waals surface area contributed by atoms with Gasteiger partial charge in [-0.25, -0.2) is 0 Å². The van der Waals surface area contributed by atoms with Gasteiger partial charge in [-0.2, -0.15) is 0 Å². The second-order valence-corrected chi connectivity index (χ2v) is 4.39. The van der Waals surface area contributed by atoms with E-state index in [4.69, 9.17) is 4.74 Å². The fraction of sp³-hybridized carbons (Fsp3) is 0.273. The Hall–Kier alpha value is -1.16. The van der Waals surface area contributed by atoms with Crippen molar-refractivity contribution in [2.75, 3.05) is 6.61 Å². The van der Waals surface area contributed by atoms with E-state index in [9.17, 15) is 9.59 Å². The highest BCUT2D eigenvalue weighted by molar-refractivity contribution is 9.10. The number of esters is 1. The average Bonchev–Trinajstić information content (AvgIpc) is 2.26. The molecule has 0 fully saturated rings. The highest BCUT2D eigenvalue weighted by Crippen LogP contribution is 2.03. The van der Waals surface area contributed by atoms with Gasteiger partial charge >= 0.3 is 5.97 Å². The van der Waals surface area contributed by atoms with Crippen molar-refractivity contribution < 1.29 is 14.3 Å². The van der Waals surface area contributed by atoms with Gasteiger partial charge in [0.2, 0.25) is 0 Å². The van der Waals surface area contributed by atoms with Crippen molar-refractivity contribution in [3.63, 3.8) is 0 Å². The average molecular weight is 271 g/mol. The highest BCUT2D eigenvalue weighted by Gasteiger charge is 2.13. The molecular formula is C11H11BrO3. The van der Waals surface area contributed by atoms with Crippen LogP contribution in [0, 0.1) is 0 Å². The summed E-state index contributed by atoms with van der Waals surface area (Å²) < 4.78 is 4.78. The third-order valence-corrected chi connectivity index (χ3v) is 2.14. The lowest BCUT2D eigenvalue weighted by atomic mass is 10.1. The zero-order valence-corrected chi connectivity index (χ0v) is 9.86. The van der Waals surface area contributed by atoms with Gasteiger partial charge in [0.05, 0.1) is 0 Å². The van der Waals surface area contributed by atoms with Crippen LogP contribution in [0.4, 0.5) is 0 Å². The molecule has 4 heteroatoms. The number of carbonyl (C=O) groups is 2. The number of ketones is 1. The standard InChI is InChI=1S/C11H11BrO3/c1-8(12)11(14)15-7-10(13)9-5-3-2-4-6-9/h2-6,8H,7H2,1H3. The van der Waals surface area contributed by atoms with Gasteiger partial charge in [0.15, 0.2) is 12.4 Å². The Morgan fingerprint density at radius 3 is 2.47 bits per heavy atom. The van der Waals surface area contributed by atoms with E-state index in [1.54, 1.807) is 31.2 Å². The first-order valence-corrected chi connectivity index (χ1v) is 5.42. The maximum atomic E-state index is 11.5. The van der Waals surface area contributed by atoms with Gasteiger partial charge in [-0.15, -0.1) is 0 Å². The van der Waals surface area contributed by atoms with E-state index in [-0.39, 0.29) is 17.2 Å². The van der Waals surface area contributed by atoms with Gasteiger partial charge in [-0.05, 0) is 6.92 Å². The minimum absolute atomic E-state index is 0.197. The SMILES string of the molecule is CC(Br)C(=O)OCC(=O)c1ccccc1. The van der Waals surface area contributed by atoms with Crippen LogP contribution < -0.4 is 0 Å². The van der Waals surface area contributed by atoms with Gasteiger partial charge in [0, 0.05) is 5.56 Å². The van der Waals surface area contributed by atoms with E-state index in [2.05, 4.69) is 15.9 Å². The Kier molecular flexibility index (Phi) is 4.49. The lowest BCUT2D eigenvalue weighted by Crippen LogP contribution is -2.19. The van der Waals surface area contributed by atoms with Crippen LogP contribution >= 0.6 is 15.9 Å². The molecule has 0 aliphatic carbocycles. The summed E-state index contributed by atoms with van der Waals surface area (Å²) in [6.45, 7) is 1.44. The molecule has 0 radical (unpaired) electrons. The smallest absolute Gasteiger partial charge is 0.319 e. The number of benzene rings is 1. The van der Waals surface area contributed by atoms with Gasteiger partial charge in [-0.3, -0.25) is 9.59 Å². The summed E-state index contributed by atoms with van der Waals surface area (Å²) in [5, 5.41) is 0. The molecule has 0 bridgehead atoms. The van der Waals surface area contributed by atoms with Crippen molar-refractivity contribution in [3.05, 3.63) is 35.9 Å². The number of halogens is 1. The lowest BCUT2D eigenvalue weighted by Gasteiger charge is -2.05. The molecule has 0 aliphatic rings. The topological polar surface area (TPSA) is 43.4 Å². The van der Waals surface area contributed by atoms with E-state index in [1.165, 1.54) is 0 Å². The fourth-order valence-corrected chi connectivity index (χ4v) is 1.09. The van der Waals surface area contributed by atoms with Crippen LogP contribution in [-0.2, 0) is 9.53 Å². The van der Waals surface area contributed by atoms with E-state index < -0.39 is 5.97 Å². The molecule has 1 atom stereocenters. The molecule has 0 aromatic heterocycles. The summed E-state index contributed by atoms with van der Waals surface area (Å²) in [5.74, 6) is -0.628. The second kappa shape index (κ2) is 5.66. The number of hydrogen-bond acceptors (Lipinski definition) is 3. The molecule has 1 aromatic carbocycles. The zero-order valence-electron chi connectivity index (χ0n) is 8.27. The first kappa shape index (κ1) is 11.9. The number of ether oxygens (including phenoxy) is 1. The molecule has 15 heavy (non-hydrogen) atoms. The van der Waals surface area contributed by atoms with Crippen molar-refractivity contribution in [1.29, 1.82) is 0 Å². The van der Waals surface area contributed by atoms with Crippen LogP contribution in [0.25, 0.3) is 0 Å². The molecule has 3 nitrogen and oxygen atoms in total. The molecule has 0 aliphatic heterocycles. The zero-order chi connectivity index (χ0) is 11.3. The second-order valence-electron chi connectivity index (χ2n) is 3.01. The number of carbonyl (C=O) groups excluding carboxylic acids is 2. The number of rotatable bonds is 4. The first-order chi connectivity index (χ1) is 7.11. The van der Waals surface area contributed by atoms with Gasteiger partial charge in [-0.1, -0.05) is 46.3 Å². The van der Waals surface area contributed by atoms with Crippen LogP contribution in [0.1, 0.15) is 17.3 Å². The van der Waals surface area contributed by atoms with E-state index in [0.29, 0.717) is 5.56 Å². The normalized spacial score (nSPS) is 11.9. The Bertz CT molecular complexity index is 346. The van der Waals surface area contributed by atoms with E-state index in [1.807, 2.05) is 6.07 Å². The monoisotopic (exact) mass is 270 g/mol. The van der Waals surface area contributed by atoms with Gasteiger partial charge in [0.25, 0.3) is 0 Å². The molecule has 1 aromatic rings. The van der Waals surface area contributed by atoms with Crippen molar-refractivity contribution in [2.45, 2.75) is 11.8 Å². The molecular weight excluding hydrogens is 260 g/mol. The first-order valence-electron chi connectivity index (χ1n) is 4.50. The van der Waals surface area contributed by atoms with Crippen molar-refractivity contribution in [1.82, 2.24) is 0 Å². The molecule has 0 spiro atoms. The fourth-order valence-electron chi connectivity index (χ4n) is 0.959. The minimum atomic E-state index is -0.431. The summed E-state index contributed by atoms with van der Waals surface area (Å²) in [7, 11) is 0. The molecule has 0 heterocycles. The quantitative estimate of drug-likeness (QED) is 0.479. The summed E-state index contributed by atoms with van der Waals surface area (Å²) in [6.07, 6.45) is 0. The lowest BCUT2D eigenvalue weighted by molar-refractivity contribution is -0.141. The van der Waals surface area contributed by atoms with Gasteiger partial charge < -0.3 is 4.74 Å². The Labute approximate surface area is 96.6 Å². The third-order valence-electron chi connectivity index (χ3n) is 1.77. The largest absolute Gasteiger partial charge is 0.456 e. The van der Waals surface area contributed by atoms with Crippen LogP contribution in [0.2, 0.25) is 0 Å². The predicted molar refractivity (Wildman–Crippen MR) is 60.1 cm³/mol. The summed E-state index contributed by atoms with van der Waals surface area (Å²) in [5.41, 5.74) is 0.549.